The highest BCUT2D eigenvalue weighted by Crippen LogP contribution is 2.29. The normalized spacial score (nSPS) is 18.2. The molecule has 1 saturated heterocycles. The first-order valence-corrected chi connectivity index (χ1v) is 9.12. The maximum atomic E-state index is 13.2. The number of carbonyl (C=O) groups excluding carboxylic acids is 1. The fourth-order valence-corrected chi connectivity index (χ4v) is 3.86. The minimum absolute atomic E-state index is 0.0337. The number of aliphatic hydroxyl groups excluding tert-OH is 1. The highest BCUT2D eigenvalue weighted by Gasteiger charge is 2.31. The lowest BCUT2D eigenvalue weighted by atomic mass is 10.00. The number of pyridine rings is 1. The minimum atomic E-state index is -0.552. The summed E-state index contributed by atoms with van der Waals surface area (Å²) < 4.78 is 0. The third-order valence-electron chi connectivity index (χ3n) is 5.19. The van der Waals surface area contributed by atoms with Crippen LogP contribution in [0.2, 0.25) is 0 Å². The second kappa shape index (κ2) is 7.26. The summed E-state index contributed by atoms with van der Waals surface area (Å²) in [4.78, 5) is 19.5. The zero-order chi connectivity index (χ0) is 17.9. The van der Waals surface area contributed by atoms with Gasteiger partial charge in [0.1, 0.15) is 0 Å². The zero-order valence-corrected chi connectivity index (χ0v) is 14.6. The third-order valence-corrected chi connectivity index (χ3v) is 5.19. The molecule has 1 amide bonds. The van der Waals surface area contributed by atoms with Crippen molar-refractivity contribution in [3.05, 3.63) is 78.0 Å². The fraction of sp³-hybridized carbons (Fsp3) is 0.273. The van der Waals surface area contributed by atoms with Gasteiger partial charge in [0.2, 0.25) is 0 Å². The quantitative estimate of drug-likeness (QED) is 0.778. The molecule has 2 heterocycles. The highest BCUT2D eigenvalue weighted by molar-refractivity contribution is 6.06. The number of benzene rings is 2. The predicted octanol–water partition coefficient (Wildman–Crippen LogP) is 3.96. The summed E-state index contributed by atoms with van der Waals surface area (Å²) in [5.74, 6) is 0.0337. The van der Waals surface area contributed by atoms with Crippen LogP contribution in [0, 0.1) is 0 Å². The van der Waals surface area contributed by atoms with E-state index in [4.69, 9.17) is 0 Å². The van der Waals surface area contributed by atoms with Crippen molar-refractivity contribution in [1.29, 1.82) is 0 Å². The summed E-state index contributed by atoms with van der Waals surface area (Å²) in [6.07, 6.45) is 3.66. The Labute approximate surface area is 153 Å². The lowest BCUT2D eigenvalue weighted by Crippen LogP contribution is -2.36. The van der Waals surface area contributed by atoms with Crippen molar-refractivity contribution >= 4 is 16.8 Å². The average Bonchev–Trinajstić information content (AvgIpc) is 3.15. The van der Waals surface area contributed by atoms with E-state index in [0.717, 1.165) is 35.9 Å². The van der Waals surface area contributed by atoms with Crippen LogP contribution in [0.15, 0.2) is 66.9 Å². The van der Waals surface area contributed by atoms with Crippen molar-refractivity contribution in [3.63, 3.8) is 0 Å². The molecule has 1 aliphatic heterocycles. The molecule has 2 aromatic carbocycles. The minimum Gasteiger partial charge on any atom is -0.388 e. The monoisotopic (exact) mass is 346 g/mol. The Morgan fingerprint density at radius 1 is 1.12 bits per heavy atom. The number of likely N-dealkylation sites (tertiary alicyclic amines) is 1. The lowest BCUT2D eigenvalue weighted by molar-refractivity contribution is 0.0669. The molecule has 0 radical (unpaired) electrons. The fourth-order valence-electron chi connectivity index (χ4n) is 3.86. The number of amides is 1. The smallest absolute Gasteiger partial charge is 0.254 e. The summed E-state index contributed by atoms with van der Waals surface area (Å²) in [7, 11) is 0. The molecule has 1 aromatic heterocycles. The number of hydrogen-bond acceptors (Lipinski definition) is 3. The molecule has 1 fully saturated rings. The molecule has 0 bridgehead atoms. The van der Waals surface area contributed by atoms with Gasteiger partial charge >= 0.3 is 0 Å². The van der Waals surface area contributed by atoms with Crippen LogP contribution in [0.4, 0.5) is 0 Å². The molecular weight excluding hydrogens is 324 g/mol. The largest absolute Gasteiger partial charge is 0.388 e. The maximum absolute atomic E-state index is 13.2. The number of carbonyl (C=O) groups is 1. The van der Waals surface area contributed by atoms with Crippen LogP contribution in [0.25, 0.3) is 10.9 Å². The Kier molecular flexibility index (Phi) is 4.67. The second-order valence-electron chi connectivity index (χ2n) is 6.83. The Hall–Kier alpha value is -2.72. The van der Waals surface area contributed by atoms with Gasteiger partial charge in [0.25, 0.3) is 5.91 Å². The molecule has 2 unspecified atom stereocenters. The third kappa shape index (κ3) is 3.20. The van der Waals surface area contributed by atoms with Gasteiger partial charge in [-0.25, -0.2) is 0 Å². The number of hydrogen-bond donors (Lipinski definition) is 1. The molecule has 0 spiro atoms. The molecule has 26 heavy (non-hydrogen) atoms. The van der Waals surface area contributed by atoms with Crippen molar-refractivity contribution in [2.24, 2.45) is 0 Å². The van der Waals surface area contributed by atoms with Gasteiger partial charge in [-0.05, 0) is 43.0 Å². The molecule has 4 nitrogen and oxygen atoms in total. The van der Waals surface area contributed by atoms with Gasteiger partial charge in [0, 0.05) is 29.7 Å². The molecule has 1 aliphatic rings. The molecule has 3 aromatic rings. The van der Waals surface area contributed by atoms with Gasteiger partial charge in [0.05, 0.1) is 11.6 Å². The SMILES string of the molecule is O=C(c1cccc2ncccc12)N1CCCC1CC(O)c1ccccc1. The molecule has 4 heteroatoms. The first-order valence-electron chi connectivity index (χ1n) is 9.12. The van der Waals surface area contributed by atoms with Crippen LogP contribution in [0.3, 0.4) is 0 Å². The van der Waals surface area contributed by atoms with E-state index >= 15 is 0 Å². The van der Waals surface area contributed by atoms with E-state index in [1.807, 2.05) is 65.6 Å². The standard InChI is InChI=1S/C22H22N2O2/c25-21(16-7-2-1-3-8-16)15-17-9-6-14-24(17)22(26)19-10-4-12-20-18(19)11-5-13-23-20/h1-5,7-8,10-13,17,21,25H,6,9,14-15H2. The van der Waals surface area contributed by atoms with Crippen LogP contribution < -0.4 is 0 Å². The van der Waals surface area contributed by atoms with Crippen molar-refractivity contribution in [3.8, 4) is 0 Å². The highest BCUT2D eigenvalue weighted by atomic mass is 16.3. The number of aliphatic hydroxyl groups is 1. The summed E-state index contributed by atoms with van der Waals surface area (Å²) in [5.41, 5.74) is 2.43. The van der Waals surface area contributed by atoms with E-state index in [-0.39, 0.29) is 11.9 Å². The first-order chi connectivity index (χ1) is 12.7. The number of rotatable bonds is 4. The summed E-state index contributed by atoms with van der Waals surface area (Å²) in [6, 6.07) is 19.2. The predicted molar refractivity (Wildman–Crippen MR) is 102 cm³/mol. The lowest BCUT2D eigenvalue weighted by Gasteiger charge is -2.27. The second-order valence-corrected chi connectivity index (χ2v) is 6.83. The van der Waals surface area contributed by atoms with Crippen molar-refractivity contribution in [2.45, 2.75) is 31.4 Å². The Balaban J connectivity index is 1.57. The summed E-state index contributed by atoms with van der Waals surface area (Å²) in [5, 5.41) is 11.5. The van der Waals surface area contributed by atoms with Crippen LogP contribution in [-0.2, 0) is 0 Å². The van der Waals surface area contributed by atoms with E-state index in [1.165, 1.54) is 0 Å². The topological polar surface area (TPSA) is 53.4 Å². The molecule has 0 saturated carbocycles. The average molecular weight is 346 g/mol. The Bertz CT molecular complexity index is 905. The van der Waals surface area contributed by atoms with Crippen molar-refractivity contribution in [1.82, 2.24) is 9.88 Å². The van der Waals surface area contributed by atoms with Gasteiger partial charge in [-0.2, -0.15) is 0 Å². The van der Waals surface area contributed by atoms with Crippen molar-refractivity contribution < 1.29 is 9.90 Å². The van der Waals surface area contributed by atoms with Crippen LogP contribution >= 0.6 is 0 Å². The van der Waals surface area contributed by atoms with Gasteiger partial charge in [0.15, 0.2) is 0 Å². The van der Waals surface area contributed by atoms with E-state index < -0.39 is 6.10 Å². The molecule has 2 atom stereocenters. The Morgan fingerprint density at radius 3 is 2.81 bits per heavy atom. The molecule has 1 N–H and O–H groups in total. The van der Waals surface area contributed by atoms with Crippen molar-refractivity contribution in [2.75, 3.05) is 6.54 Å². The van der Waals surface area contributed by atoms with Gasteiger partial charge in [-0.1, -0.05) is 42.5 Å². The number of aromatic nitrogens is 1. The molecular formula is C22H22N2O2. The van der Waals surface area contributed by atoms with E-state index in [2.05, 4.69) is 4.98 Å². The van der Waals surface area contributed by atoms with Crippen LogP contribution in [0.5, 0.6) is 0 Å². The summed E-state index contributed by atoms with van der Waals surface area (Å²) >= 11 is 0. The first kappa shape index (κ1) is 16.7. The zero-order valence-electron chi connectivity index (χ0n) is 14.6. The molecule has 132 valence electrons. The van der Waals surface area contributed by atoms with Gasteiger partial charge in [-0.3, -0.25) is 9.78 Å². The van der Waals surface area contributed by atoms with Crippen LogP contribution in [-0.4, -0.2) is 33.5 Å². The van der Waals surface area contributed by atoms with Gasteiger partial charge < -0.3 is 10.0 Å². The summed E-state index contributed by atoms with van der Waals surface area (Å²) in [6.45, 7) is 0.738. The number of fused-ring (bicyclic) bond motifs is 1. The maximum Gasteiger partial charge on any atom is 0.254 e. The molecule has 0 aliphatic carbocycles. The van der Waals surface area contributed by atoms with Gasteiger partial charge in [-0.15, -0.1) is 0 Å². The van der Waals surface area contributed by atoms with Crippen LogP contribution in [0.1, 0.15) is 41.3 Å². The molecule has 4 rings (SSSR count). The van der Waals surface area contributed by atoms with E-state index in [9.17, 15) is 9.90 Å². The number of nitrogens with zero attached hydrogens (tertiary/aromatic N) is 2. The van der Waals surface area contributed by atoms with E-state index in [0.29, 0.717) is 12.0 Å². The Morgan fingerprint density at radius 2 is 1.96 bits per heavy atom. The van der Waals surface area contributed by atoms with E-state index in [1.54, 1.807) is 6.20 Å².